The Kier molecular flexibility index (Phi) is 5.40. The van der Waals surface area contributed by atoms with Gasteiger partial charge in [-0.25, -0.2) is 0 Å². The third kappa shape index (κ3) is 4.52. The highest BCUT2D eigenvalue weighted by molar-refractivity contribution is 7.09. The van der Waals surface area contributed by atoms with Crippen LogP contribution in [0.25, 0.3) is 0 Å². The first-order chi connectivity index (χ1) is 9.67. The average Bonchev–Trinajstić information content (AvgIpc) is 2.44. The predicted octanol–water partition coefficient (Wildman–Crippen LogP) is 3.89. The molecular weight excluding hydrogens is 271 g/mol. The van der Waals surface area contributed by atoms with Crippen molar-refractivity contribution >= 4 is 9.47 Å². The molecule has 1 unspecified atom stereocenters. The molecule has 0 radical (unpaired) electrons. The molecule has 106 valence electrons. The van der Waals surface area contributed by atoms with E-state index in [2.05, 4.69) is 9.47 Å². The van der Waals surface area contributed by atoms with Crippen molar-refractivity contribution in [2.45, 2.75) is 20.1 Å². The molecule has 0 aromatic heterocycles. The highest BCUT2D eigenvalue weighted by Crippen LogP contribution is 2.18. The molecule has 2 aromatic rings. The lowest BCUT2D eigenvalue weighted by atomic mass is 10.2. The summed E-state index contributed by atoms with van der Waals surface area (Å²) in [6, 6.07) is 15.7. The molecule has 0 aliphatic carbocycles. The molecule has 0 bridgehead atoms. The van der Waals surface area contributed by atoms with Gasteiger partial charge in [0.25, 0.3) is 6.29 Å². The van der Waals surface area contributed by atoms with Crippen LogP contribution in [0.1, 0.15) is 11.1 Å². The highest BCUT2D eigenvalue weighted by atomic mass is 31.0. The minimum absolute atomic E-state index is 0.326. The predicted molar refractivity (Wildman–Crippen MR) is 83.1 cm³/mol. The first-order valence-corrected chi connectivity index (χ1v) is 6.93. The van der Waals surface area contributed by atoms with E-state index in [0.29, 0.717) is 6.61 Å². The fourth-order valence-electron chi connectivity index (χ4n) is 1.71. The molecule has 0 amide bonds. The van der Waals surface area contributed by atoms with Crippen molar-refractivity contribution in [2.24, 2.45) is 0 Å². The Morgan fingerprint density at radius 2 is 1.20 bits per heavy atom. The van der Waals surface area contributed by atoms with Crippen molar-refractivity contribution in [3.63, 3.8) is 0 Å². The van der Waals surface area contributed by atoms with Crippen LogP contribution in [0.5, 0.6) is 11.5 Å². The van der Waals surface area contributed by atoms with E-state index in [0.717, 1.165) is 11.5 Å². The summed E-state index contributed by atoms with van der Waals surface area (Å²) in [7, 11) is 2.21. The topological polar surface area (TPSA) is 27.7 Å². The largest absolute Gasteiger partial charge is 0.452 e. The van der Waals surface area contributed by atoms with Crippen molar-refractivity contribution in [3.8, 4) is 11.5 Å². The minimum Gasteiger partial charge on any atom is -0.452 e. The van der Waals surface area contributed by atoms with E-state index >= 15 is 0 Å². The van der Waals surface area contributed by atoms with E-state index in [1.54, 1.807) is 0 Å². The van der Waals surface area contributed by atoms with Crippen LogP contribution in [0, 0.1) is 13.8 Å². The zero-order chi connectivity index (χ0) is 14.4. The molecule has 0 fully saturated rings. The van der Waals surface area contributed by atoms with E-state index in [-0.39, 0.29) is 0 Å². The second kappa shape index (κ2) is 7.28. The van der Waals surface area contributed by atoms with Crippen LogP contribution in [0.4, 0.5) is 0 Å². The van der Waals surface area contributed by atoms with Crippen LogP contribution in [0.2, 0.25) is 0 Å². The number of benzene rings is 2. The van der Waals surface area contributed by atoms with Gasteiger partial charge in [0, 0.05) is 9.47 Å². The van der Waals surface area contributed by atoms with Crippen LogP contribution >= 0.6 is 9.47 Å². The summed E-state index contributed by atoms with van der Waals surface area (Å²) in [5, 5.41) is 0. The molecule has 0 saturated carbocycles. The Morgan fingerprint density at radius 1 is 0.800 bits per heavy atom. The quantitative estimate of drug-likeness (QED) is 0.596. The molecule has 0 heterocycles. The van der Waals surface area contributed by atoms with Gasteiger partial charge in [-0.3, -0.25) is 0 Å². The van der Waals surface area contributed by atoms with Crippen molar-refractivity contribution in [3.05, 3.63) is 59.7 Å². The van der Waals surface area contributed by atoms with Crippen molar-refractivity contribution in [2.75, 3.05) is 6.61 Å². The minimum atomic E-state index is -0.488. The molecule has 0 saturated heterocycles. The number of ether oxygens (including phenoxy) is 2. The molecule has 1 atom stereocenters. The van der Waals surface area contributed by atoms with Crippen molar-refractivity contribution in [1.82, 2.24) is 0 Å². The molecule has 2 aromatic carbocycles. The first kappa shape index (κ1) is 14.8. The average molecular weight is 290 g/mol. The number of aryl methyl sites for hydroxylation is 2. The maximum Gasteiger partial charge on any atom is 0.264 e. The maximum absolute atomic E-state index is 5.78. The van der Waals surface area contributed by atoms with E-state index in [9.17, 15) is 0 Å². The monoisotopic (exact) mass is 290 g/mol. The van der Waals surface area contributed by atoms with E-state index < -0.39 is 6.29 Å². The third-order valence-corrected chi connectivity index (χ3v) is 3.00. The molecule has 0 N–H and O–H groups in total. The molecule has 4 heteroatoms. The summed E-state index contributed by atoms with van der Waals surface area (Å²) < 4.78 is 16.6. The molecule has 20 heavy (non-hydrogen) atoms. The van der Waals surface area contributed by atoms with Crippen LogP contribution in [-0.2, 0) is 4.52 Å². The molecule has 0 spiro atoms. The Balaban J connectivity index is 2.02. The van der Waals surface area contributed by atoms with Gasteiger partial charge in [-0.2, -0.15) is 0 Å². The zero-order valence-corrected chi connectivity index (χ0v) is 12.9. The summed E-state index contributed by atoms with van der Waals surface area (Å²) in [4.78, 5) is 0. The van der Waals surface area contributed by atoms with Crippen molar-refractivity contribution < 1.29 is 14.0 Å². The Morgan fingerprint density at radius 3 is 1.55 bits per heavy atom. The van der Waals surface area contributed by atoms with Gasteiger partial charge in [0.15, 0.2) is 0 Å². The summed E-state index contributed by atoms with van der Waals surface area (Å²) in [5.74, 6) is 1.52. The van der Waals surface area contributed by atoms with Gasteiger partial charge < -0.3 is 14.0 Å². The van der Waals surface area contributed by atoms with Crippen molar-refractivity contribution in [1.29, 1.82) is 0 Å². The zero-order valence-electron chi connectivity index (χ0n) is 11.7. The van der Waals surface area contributed by atoms with Gasteiger partial charge in [-0.15, -0.1) is 0 Å². The molecular formula is C16H19O3P. The SMILES string of the molecule is Cc1ccc(OC(COP)Oc2ccc(C)cc2)cc1. The third-order valence-electron chi connectivity index (χ3n) is 2.81. The molecule has 0 aliphatic rings. The molecule has 3 nitrogen and oxygen atoms in total. The summed E-state index contributed by atoms with van der Waals surface area (Å²) in [6.45, 7) is 4.40. The fraction of sp³-hybridized carbons (Fsp3) is 0.250. The lowest BCUT2D eigenvalue weighted by Gasteiger charge is -2.20. The highest BCUT2D eigenvalue weighted by Gasteiger charge is 2.12. The van der Waals surface area contributed by atoms with Gasteiger partial charge in [-0.1, -0.05) is 35.4 Å². The van der Waals surface area contributed by atoms with Gasteiger partial charge in [-0.05, 0) is 38.1 Å². The Bertz CT molecular complexity index is 475. The lowest BCUT2D eigenvalue weighted by Crippen LogP contribution is -2.28. The van der Waals surface area contributed by atoms with Crippen LogP contribution in [0.3, 0.4) is 0 Å². The van der Waals surface area contributed by atoms with E-state index in [1.165, 1.54) is 11.1 Å². The molecule has 2 rings (SSSR count). The number of hydrogen-bond donors (Lipinski definition) is 0. The first-order valence-electron chi connectivity index (χ1n) is 6.46. The van der Waals surface area contributed by atoms with Gasteiger partial charge >= 0.3 is 0 Å². The smallest absolute Gasteiger partial charge is 0.264 e. The fourth-order valence-corrected chi connectivity index (χ4v) is 1.87. The summed E-state index contributed by atoms with van der Waals surface area (Å²) in [6.07, 6.45) is -0.488. The second-order valence-electron chi connectivity index (χ2n) is 4.62. The van der Waals surface area contributed by atoms with Crippen LogP contribution in [-0.4, -0.2) is 12.9 Å². The van der Waals surface area contributed by atoms with Gasteiger partial charge in [0.2, 0.25) is 0 Å². The maximum atomic E-state index is 5.78. The lowest BCUT2D eigenvalue weighted by molar-refractivity contribution is -0.0234. The Labute approximate surface area is 122 Å². The standard InChI is InChI=1S/C16H19O3P/c1-12-3-7-14(8-4-12)18-16(11-17-20)19-15-9-5-13(2)6-10-15/h3-10,16H,11,20H2,1-2H3. The summed E-state index contributed by atoms with van der Waals surface area (Å²) >= 11 is 0. The Hall–Kier alpha value is -1.57. The van der Waals surface area contributed by atoms with Gasteiger partial charge in [0.05, 0.1) is 0 Å². The van der Waals surface area contributed by atoms with E-state index in [1.807, 2.05) is 62.4 Å². The normalized spacial score (nSPS) is 10.6. The van der Waals surface area contributed by atoms with Crippen LogP contribution < -0.4 is 9.47 Å². The van der Waals surface area contributed by atoms with E-state index in [4.69, 9.17) is 14.0 Å². The van der Waals surface area contributed by atoms with Gasteiger partial charge in [0.1, 0.15) is 18.1 Å². The molecule has 0 aliphatic heterocycles. The van der Waals surface area contributed by atoms with Crippen LogP contribution in [0.15, 0.2) is 48.5 Å². The number of hydrogen-bond acceptors (Lipinski definition) is 3. The number of rotatable bonds is 6. The summed E-state index contributed by atoms with van der Waals surface area (Å²) in [5.41, 5.74) is 2.38. The second-order valence-corrected chi connectivity index (χ2v) is 4.96.